The molecule has 0 saturated carbocycles. The van der Waals surface area contributed by atoms with Crippen molar-refractivity contribution >= 4 is 9.84 Å². The zero-order valence-corrected chi connectivity index (χ0v) is 14.9. The Morgan fingerprint density at radius 3 is 2.21 bits per heavy atom. The van der Waals surface area contributed by atoms with Crippen LogP contribution in [0.3, 0.4) is 0 Å². The van der Waals surface area contributed by atoms with Crippen molar-refractivity contribution in [3.8, 4) is 11.6 Å². The van der Waals surface area contributed by atoms with Gasteiger partial charge in [-0.3, -0.25) is 0 Å². The van der Waals surface area contributed by atoms with Gasteiger partial charge in [-0.25, -0.2) is 13.1 Å². The van der Waals surface area contributed by atoms with E-state index in [4.69, 9.17) is 0 Å². The van der Waals surface area contributed by atoms with Crippen LogP contribution in [0.1, 0.15) is 6.92 Å². The quantitative estimate of drug-likeness (QED) is 0.621. The van der Waals surface area contributed by atoms with Crippen LogP contribution in [-0.4, -0.2) is 48.6 Å². The Bertz CT molecular complexity index is 939. The molecule has 5 nitrogen and oxygen atoms in total. The zero-order valence-electron chi connectivity index (χ0n) is 14.1. The Kier molecular flexibility index (Phi) is 5.70. The van der Waals surface area contributed by atoms with Gasteiger partial charge in [0.2, 0.25) is 5.88 Å². The van der Waals surface area contributed by atoms with E-state index in [0.29, 0.717) is 0 Å². The molecule has 0 atom stereocenters. The fourth-order valence-corrected chi connectivity index (χ4v) is 3.12. The minimum atomic E-state index is -6.47. The molecule has 0 amide bonds. The highest BCUT2D eigenvalue weighted by molar-refractivity contribution is 7.91. The second-order valence-electron chi connectivity index (χ2n) is 5.53. The predicted molar refractivity (Wildman–Crippen MR) is 82.7 cm³/mol. The number of hydrogen-bond acceptors (Lipinski definition) is 4. The largest absolute Gasteiger partial charge is 0.470 e. The summed E-state index contributed by atoms with van der Waals surface area (Å²) in [6.45, 7) is -0.891. The number of benzene rings is 1. The first kappa shape index (κ1) is 22.0. The van der Waals surface area contributed by atoms with Crippen molar-refractivity contribution in [3.05, 3.63) is 36.5 Å². The van der Waals surface area contributed by atoms with E-state index in [1.807, 2.05) is 0 Å². The van der Waals surface area contributed by atoms with Gasteiger partial charge in [0.1, 0.15) is 0 Å². The molecule has 2 aromatic rings. The van der Waals surface area contributed by atoms with E-state index < -0.39 is 40.3 Å². The van der Waals surface area contributed by atoms with Gasteiger partial charge in [-0.05, 0) is 12.1 Å². The van der Waals surface area contributed by atoms with Crippen LogP contribution >= 0.6 is 0 Å². The number of halogens is 7. The normalized spacial score (nSPS) is 13.6. The zero-order chi connectivity index (χ0) is 21.4. The van der Waals surface area contributed by atoms with E-state index in [1.165, 1.54) is 31.2 Å². The monoisotopic (exact) mass is 434 g/mol. The number of aromatic nitrogens is 2. The van der Waals surface area contributed by atoms with E-state index in [1.54, 1.807) is 0 Å². The van der Waals surface area contributed by atoms with Gasteiger partial charge in [0.05, 0.1) is 16.3 Å². The molecule has 0 unspecified atom stereocenters. The van der Waals surface area contributed by atoms with Crippen molar-refractivity contribution in [1.29, 1.82) is 0 Å². The molecular weight excluding hydrogens is 421 g/mol. The summed E-state index contributed by atoms with van der Waals surface area (Å²) in [5.41, 5.74) is 0.0200. The highest BCUT2D eigenvalue weighted by Gasteiger charge is 2.73. The molecule has 0 aliphatic heterocycles. The highest BCUT2D eigenvalue weighted by Crippen LogP contribution is 2.46. The fraction of sp³-hybridized carbons (Fsp3) is 0.400. The van der Waals surface area contributed by atoms with Crippen molar-refractivity contribution in [2.45, 2.75) is 29.8 Å². The van der Waals surface area contributed by atoms with Gasteiger partial charge in [0, 0.05) is 12.3 Å². The van der Waals surface area contributed by atoms with Gasteiger partial charge in [-0.15, -0.1) is 5.10 Å². The van der Waals surface area contributed by atoms with E-state index in [-0.39, 0.29) is 16.3 Å². The first-order valence-corrected chi connectivity index (χ1v) is 9.21. The molecule has 0 radical (unpaired) electrons. The molecule has 28 heavy (non-hydrogen) atoms. The summed E-state index contributed by atoms with van der Waals surface area (Å²) >= 11 is 0. The maximum Gasteiger partial charge on any atom is 0.460 e. The van der Waals surface area contributed by atoms with Crippen molar-refractivity contribution < 1.29 is 43.9 Å². The molecule has 0 aliphatic rings. The number of hydrogen-bond donors (Lipinski definition) is 0. The van der Waals surface area contributed by atoms with Crippen LogP contribution in [-0.2, 0) is 9.84 Å². The lowest BCUT2D eigenvalue weighted by molar-refractivity contribution is -0.358. The first-order valence-electron chi connectivity index (χ1n) is 7.56. The van der Waals surface area contributed by atoms with Crippen LogP contribution < -0.4 is 4.74 Å². The molecule has 0 spiro atoms. The van der Waals surface area contributed by atoms with E-state index in [0.717, 1.165) is 16.9 Å². The Hall–Kier alpha value is -2.31. The highest BCUT2D eigenvalue weighted by atomic mass is 32.2. The Morgan fingerprint density at radius 2 is 1.64 bits per heavy atom. The second kappa shape index (κ2) is 7.26. The van der Waals surface area contributed by atoms with Gasteiger partial charge >= 0.3 is 18.0 Å². The lowest BCUT2D eigenvalue weighted by Gasteiger charge is -2.27. The third kappa shape index (κ3) is 4.08. The molecule has 0 bridgehead atoms. The van der Waals surface area contributed by atoms with Gasteiger partial charge in [0.25, 0.3) is 0 Å². The van der Waals surface area contributed by atoms with Crippen molar-refractivity contribution in [3.63, 3.8) is 0 Å². The minimum Gasteiger partial charge on any atom is -0.470 e. The topological polar surface area (TPSA) is 61.2 Å². The number of para-hydroxylation sites is 1. The molecule has 1 heterocycles. The molecule has 0 saturated heterocycles. The third-order valence-electron chi connectivity index (χ3n) is 3.61. The van der Waals surface area contributed by atoms with Crippen LogP contribution in [0, 0.1) is 0 Å². The van der Waals surface area contributed by atoms with Crippen LogP contribution in [0.4, 0.5) is 30.7 Å². The average molecular weight is 434 g/mol. The maximum absolute atomic E-state index is 13.3. The van der Waals surface area contributed by atoms with Crippen molar-refractivity contribution in [2.24, 2.45) is 0 Å². The SMILES string of the molecule is CCS(=O)(=O)c1ccccc1-n1ccc(OCC(F)(F)C(F)(F)C(F)(F)F)n1. The Morgan fingerprint density at radius 1 is 1.04 bits per heavy atom. The van der Waals surface area contributed by atoms with Gasteiger partial charge in [0.15, 0.2) is 16.4 Å². The minimum absolute atomic E-state index is 0.0200. The van der Waals surface area contributed by atoms with E-state index in [9.17, 15) is 39.2 Å². The lowest BCUT2D eigenvalue weighted by Crippen LogP contribution is -2.54. The summed E-state index contributed by atoms with van der Waals surface area (Å²) in [6, 6.07) is 6.42. The number of sulfone groups is 1. The molecule has 1 aromatic heterocycles. The van der Waals surface area contributed by atoms with Gasteiger partial charge in [-0.1, -0.05) is 19.1 Å². The number of rotatable bonds is 7. The van der Waals surface area contributed by atoms with Gasteiger partial charge < -0.3 is 4.74 Å². The summed E-state index contributed by atoms with van der Waals surface area (Å²) in [4.78, 5) is -0.138. The third-order valence-corrected chi connectivity index (χ3v) is 5.38. The molecular formula is C15H13F7N2O3S. The molecule has 13 heteroatoms. The van der Waals surface area contributed by atoms with Crippen molar-refractivity contribution in [1.82, 2.24) is 9.78 Å². The first-order chi connectivity index (χ1) is 12.7. The van der Waals surface area contributed by atoms with Crippen molar-refractivity contribution in [2.75, 3.05) is 12.4 Å². The van der Waals surface area contributed by atoms with Gasteiger partial charge in [-0.2, -0.15) is 30.7 Å². The second-order valence-corrected chi connectivity index (χ2v) is 7.78. The number of ether oxygens (including phenoxy) is 1. The standard InChI is InChI=1S/C15H13F7N2O3S/c1-2-28(25,26)11-6-4-3-5-10(11)24-8-7-12(23-24)27-9-13(16,17)14(18,19)15(20,21)22/h3-8H,2,9H2,1H3. The smallest absolute Gasteiger partial charge is 0.460 e. The summed E-state index contributed by atoms with van der Waals surface area (Å²) in [7, 11) is -3.68. The van der Waals surface area contributed by atoms with Crippen LogP contribution in [0.15, 0.2) is 41.4 Å². The fourth-order valence-electron chi connectivity index (χ4n) is 2.05. The molecule has 0 fully saturated rings. The molecule has 1 aromatic carbocycles. The van der Waals surface area contributed by atoms with E-state index >= 15 is 0 Å². The molecule has 0 aliphatic carbocycles. The van der Waals surface area contributed by atoms with Crippen LogP contribution in [0.5, 0.6) is 5.88 Å². The lowest BCUT2D eigenvalue weighted by atomic mass is 10.2. The molecule has 2 rings (SSSR count). The molecule has 0 N–H and O–H groups in total. The Labute approximate surface area is 154 Å². The Balaban J connectivity index is 2.26. The number of alkyl halides is 7. The number of nitrogens with zero attached hydrogens (tertiary/aromatic N) is 2. The predicted octanol–water partition coefficient (Wildman–Crippen LogP) is 3.88. The molecule has 156 valence electrons. The summed E-state index contributed by atoms with van der Waals surface area (Å²) in [5, 5.41) is 3.61. The summed E-state index contributed by atoms with van der Waals surface area (Å²) in [5.74, 6) is -12.8. The van der Waals surface area contributed by atoms with Crippen LogP contribution in [0.2, 0.25) is 0 Å². The van der Waals surface area contributed by atoms with E-state index in [2.05, 4.69) is 9.84 Å². The summed E-state index contributed by atoms with van der Waals surface area (Å²) in [6.07, 6.45) is -5.38. The van der Waals surface area contributed by atoms with Crippen LogP contribution in [0.25, 0.3) is 5.69 Å². The average Bonchev–Trinajstić information content (AvgIpc) is 3.08. The maximum atomic E-state index is 13.3. The summed E-state index contributed by atoms with van der Waals surface area (Å²) < 4.78 is 118.